The predicted molar refractivity (Wildman–Crippen MR) is 116 cm³/mol. The quantitative estimate of drug-likeness (QED) is 0.602. The molecular weight excluding hydrogens is 362 g/mol. The van der Waals surface area contributed by atoms with Gasteiger partial charge in [0.1, 0.15) is 12.7 Å². The minimum atomic E-state index is 0.00135. The molecule has 1 unspecified atom stereocenters. The third-order valence-electron chi connectivity index (χ3n) is 5.30. The average molecular weight is 392 g/mol. The van der Waals surface area contributed by atoms with E-state index in [9.17, 15) is 4.79 Å². The van der Waals surface area contributed by atoms with Gasteiger partial charge >= 0.3 is 0 Å². The summed E-state index contributed by atoms with van der Waals surface area (Å²) in [6.45, 7) is 4.44. The molecule has 6 heteroatoms. The lowest BCUT2D eigenvalue weighted by molar-refractivity contribution is 0.0827. The highest BCUT2D eigenvalue weighted by Gasteiger charge is 2.23. The minimum absolute atomic E-state index is 0.00135. The fraction of sp³-hybridized carbons (Fsp3) is 0.348. The molecular formula is C23H29N5O. The Morgan fingerprint density at radius 3 is 2.07 bits per heavy atom. The van der Waals surface area contributed by atoms with Crippen LogP contribution in [0.25, 0.3) is 0 Å². The summed E-state index contributed by atoms with van der Waals surface area (Å²) in [5.41, 5.74) is 3.85. The maximum atomic E-state index is 12.0. The van der Waals surface area contributed by atoms with Gasteiger partial charge in [-0.25, -0.2) is 9.67 Å². The Morgan fingerprint density at radius 2 is 1.59 bits per heavy atom. The van der Waals surface area contributed by atoms with Gasteiger partial charge in [-0.05, 0) is 47.9 Å². The summed E-state index contributed by atoms with van der Waals surface area (Å²) in [5, 5.41) is 7.79. The van der Waals surface area contributed by atoms with E-state index in [0.29, 0.717) is 11.5 Å². The minimum Gasteiger partial charge on any atom is -0.356 e. The Balaban J connectivity index is 1.76. The number of anilines is 2. The third-order valence-corrected chi connectivity index (χ3v) is 5.30. The first-order valence-electron chi connectivity index (χ1n) is 10.1. The summed E-state index contributed by atoms with van der Waals surface area (Å²) in [5.74, 6) is 0.499. The van der Waals surface area contributed by atoms with E-state index in [-0.39, 0.29) is 11.9 Å². The van der Waals surface area contributed by atoms with Crippen LogP contribution in [0.3, 0.4) is 0 Å². The zero-order valence-electron chi connectivity index (χ0n) is 17.5. The summed E-state index contributed by atoms with van der Waals surface area (Å²) in [6, 6.07) is 16.2. The van der Waals surface area contributed by atoms with Crippen LogP contribution in [0.15, 0.2) is 61.2 Å². The highest BCUT2D eigenvalue weighted by atomic mass is 16.2. The fourth-order valence-corrected chi connectivity index (χ4v) is 3.62. The molecule has 0 aliphatic rings. The second kappa shape index (κ2) is 9.37. The standard InChI is InChI=1S/C23H29N5O/c1-5-17(6-2)22(28-16-24-15-25-28)18-7-11-20(12-8-18)26-21-13-9-19(10-14-21)23(29)27(3)4/h7-17,22,26H,5-6H2,1-4H3. The topological polar surface area (TPSA) is 63.1 Å². The molecule has 29 heavy (non-hydrogen) atoms. The van der Waals surface area contributed by atoms with E-state index >= 15 is 0 Å². The number of hydrogen-bond donors (Lipinski definition) is 1. The first-order chi connectivity index (χ1) is 14.0. The molecule has 3 aromatic rings. The van der Waals surface area contributed by atoms with Crippen LogP contribution in [0.5, 0.6) is 0 Å². The monoisotopic (exact) mass is 391 g/mol. The predicted octanol–water partition coefficient (Wildman–Crippen LogP) is 4.75. The van der Waals surface area contributed by atoms with Gasteiger partial charge in [0.25, 0.3) is 5.91 Å². The van der Waals surface area contributed by atoms with Crippen molar-refractivity contribution in [1.29, 1.82) is 0 Å². The molecule has 1 N–H and O–H groups in total. The van der Waals surface area contributed by atoms with Crippen LogP contribution >= 0.6 is 0 Å². The number of hydrogen-bond acceptors (Lipinski definition) is 4. The van der Waals surface area contributed by atoms with Gasteiger partial charge in [-0.2, -0.15) is 5.10 Å². The number of carbonyl (C=O) groups excluding carboxylic acids is 1. The number of carbonyl (C=O) groups is 1. The molecule has 0 aliphatic carbocycles. The first kappa shape index (κ1) is 20.6. The van der Waals surface area contributed by atoms with Crippen LogP contribution in [0.4, 0.5) is 11.4 Å². The summed E-state index contributed by atoms with van der Waals surface area (Å²) in [6.07, 6.45) is 5.56. The Labute approximate surface area is 172 Å². The van der Waals surface area contributed by atoms with Gasteiger partial charge in [0.15, 0.2) is 0 Å². The van der Waals surface area contributed by atoms with Crippen LogP contribution in [0, 0.1) is 5.92 Å². The van der Waals surface area contributed by atoms with E-state index < -0.39 is 0 Å². The van der Waals surface area contributed by atoms with Gasteiger partial charge in [0, 0.05) is 31.0 Å². The van der Waals surface area contributed by atoms with Gasteiger partial charge < -0.3 is 10.2 Å². The second-order valence-electron chi connectivity index (χ2n) is 7.42. The van der Waals surface area contributed by atoms with Crippen molar-refractivity contribution in [3.8, 4) is 0 Å². The zero-order chi connectivity index (χ0) is 20.8. The van der Waals surface area contributed by atoms with Crippen molar-refractivity contribution < 1.29 is 4.79 Å². The van der Waals surface area contributed by atoms with E-state index in [4.69, 9.17) is 0 Å². The summed E-state index contributed by atoms with van der Waals surface area (Å²) in [4.78, 5) is 17.7. The van der Waals surface area contributed by atoms with Crippen molar-refractivity contribution in [2.24, 2.45) is 5.92 Å². The number of nitrogens with zero attached hydrogens (tertiary/aromatic N) is 4. The van der Waals surface area contributed by atoms with Crippen molar-refractivity contribution in [1.82, 2.24) is 19.7 Å². The van der Waals surface area contributed by atoms with Crippen LogP contribution in [0.1, 0.15) is 48.7 Å². The summed E-state index contributed by atoms with van der Waals surface area (Å²) >= 11 is 0. The summed E-state index contributed by atoms with van der Waals surface area (Å²) < 4.78 is 1.96. The number of benzene rings is 2. The molecule has 0 saturated carbocycles. The van der Waals surface area contributed by atoms with Crippen LogP contribution in [-0.2, 0) is 0 Å². The Bertz CT molecular complexity index is 897. The molecule has 0 bridgehead atoms. The summed E-state index contributed by atoms with van der Waals surface area (Å²) in [7, 11) is 3.51. The molecule has 1 aromatic heterocycles. The number of aromatic nitrogens is 3. The van der Waals surface area contributed by atoms with Crippen molar-refractivity contribution in [2.75, 3.05) is 19.4 Å². The zero-order valence-corrected chi connectivity index (χ0v) is 17.5. The molecule has 1 atom stereocenters. The van der Waals surface area contributed by atoms with E-state index in [1.54, 1.807) is 31.6 Å². The second-order valence-corrected chi connectivity index (χ2v) is 7.42. The molecule has 6 nitrogen and oxygen atoms in total. The van der Waals surface area contributed by atoms with Crippen LogP contribution in [0.2, 0.25) is 0 Å². The number of amides is 1. The van der Waals surface area contributed by atoms with Crippen molar-refractivity contribution >= 4 is 17.3 Å². The molecule has 1 heterocycles. The molecule has 152 valence electrons. The SMILES string of the molecule is CCC(CC)C(c1ccc(Nc2ccc(C(=O)N(C)C)cc2)cc1)n1cncn1. The fourth-order valence-electron chi connectivity index (χ4n) is 3.62. The Morgan fingerprint density at radius 1 is 1.00 bits per heavy atom. The average Bonchev–Trinajstić information content (AvgIpc) is 3.27. The lowest BCUT2D eigenvalue weighted by Gasteiger charge is -2.26. The van der Waals surface area contributed by atoms with Gasteiger partial charge in [-0.3, -0.25) is 4.79 Å². The van der Waals surface area contributed by atoms with E-state index in [2.05, 4.69) is 53.5 Å². The molecule has 1 amide bonds. The van der Waals surface area contributed by atoms with E-state index in [1.165, 1.54) is 5.56 Å². The third kappa shape index (κ3) is 4.83. The van der Waals surface area contributed by atoms with Crippen LogP contribution in [-0.4, -0.2) is 39.7 Å². The van der Waals surface area contributed by atoms with Gasteiger partial charge in [0.2, 0.25) is 0 Å². The Kier molecular flexibility index (Phi) is 6.65. The molecule has 0 radical (unpaired) electrons. The maximum Gasteiger partial charge on any atom is 0.253 e. The largest absolute Gasteiger partial charge is 0.356 e. The first-order valence-corrected chi connectivity index (χ1v) is 10.1. The highest BCUT2D eigenvalue weighted by molar-refractivity contribution is 5.94. The molecule has 2 aromatic carbocycles. The molecule has 0 saturated heterocycles. The van der Waals surface area contributed by atoms with Gasteiger partial charge in [-0.15, -0.1) is 0 Å². The van der Waals surface area contributed by atoms with Crippen molar-refractivity contribution in [2.45, 2.75) is 32.7 Å². The number of nitrogens with one attached hydrogen (secondary N) is 1. The lowest BCUT2D eigenvalue weighted by atomic mass is 9.89. The maximum absolute atomic E-state index is 12.0. The Hall–Kier alpha value is -3.15. The van der Waals surface area contributed by atoms with Crippen LogP contribution < -0.4 is 5.32 Å². The number of rotatable bonds is 8. The van der Waals surface area contributed by atoms with Crippen molar-refractivity contribution in [3.05, 3.63) is 72.3 Å². The smallest absolute Gasteiger partial charge is 0.253 e. The normalized spacial score (nSPS) is 12.0. The molecule has 0 spiro atoms. The van der Waals surface area contributed by atoms with Gasteiger partial charge in [0.05, 0.1) is 6.04 Å². The molecule has 3 rings (SSSR count). The van der Waals surface area contributed by atoms with E-state index in [1.807, 2.05) is 28.9 Å². The van der Waals surface area contributed by atoms with Gasteiger partial charge in [-0.1, -0.05) is 38.8 Å². The van der Waals surface area contributed by atoms with E-state index in [0.717, 1.165) is 24.2 Å². The molecule has 0 aliphatic heterocycles. The lowest BCUT2D eigenvalue weighted by Crippen LogP contribution is -2.21. The highest BCUT2D eigenvalue weighted by Crippen LogP contribution is 2.31. The molecule has 0 fully saturated rings. The van der Waals surface area contributed by atoms with Crippen molar-refractivity contribution in [3.63, 3.8) is 0 Å².